The highest BCUT2D eigenvalue weighted by Crippen LogP contribution is 2.27. The van der Waals surface area contributed by atoms with Crippen molar-refractivity contribution in [2.45, 2.75) is 58.7 Å². The van der Waals surface area contributed by atoms with Gasteiger partial charge in [0.15, 0.2) is 0 Å². The third kappa shape index (κ3) is 3.96. The molecule has 164 valence electrons. The summed E-state index contributed by atoms with van der Waals surface area (Å²) in [5, 5.41) is 0. The summed E-state index contributed by atoms with van der Waals surface area (Å²) in [6.45, 7) is 6.23. The fraction of sp³-hybridized carbons (Fsp3) is 0.417. The number of nitrogens with zero attached hydrogens (tertiary/aromatic N) is 3. The van der Waals surface area contributed by atoms with Crippen LogP contribution in [-0.4, -0.2) is 44.6 Å². The fourth-order valence-corrected chi connectivity index (χ4v) is 4.64. The molecule has 2 unspecified atom stereocenters. The lowest BCUT2D eigenvalue weighted by Gasteiger charge is -2.39. The lowest BCUT2D eigenvalue weighted by molar-refractivity contribution is -0.137. The second kappa shape index (κ2) is 8.57. The highest BCUT2D eigenvalue weighted by Gasteiger charge is 2.30. The van der Waals surface area contributed by atoms with Crippen molar-refractivity contribution < 1.29 is 18.7 Å². The summed E-state index contributed by atoms with van der Waals surface area (Å²) in [7, 11) is 0. The fourth-order valence-electron chi connectivity index (χ4n) is 4.64. The van der Waals surface area contributed by atoms with Gasteiger partial charge in [0.25, 0.3) is 0 Å². The average Bonchev–Trinajstić information content (AvgIpc) is 3.29. The maximum absolute atomic E-state index is 13.4. The first-order valence-corrected chi connectivity index (χ1v) is 10.9. The molecule has 1 saturated heterocycles. The number of fused-ring (bicyclic) bond motifs is 1. The Morgan fingerprint density at radius 2 is 1.74 bits per heavy atom. The molecule has 1 aliphatic heterocycles. The van der Waals surface area contributed by atoms with E-state index >= 15 is 0 Å². The van der Waals surface area contributed by atoms with Crippen LogP contribution in [-0.2, 0) is 16.1 Å². The third-order valence-electron chi connectivity index (χ3n) is 6.12. The van der Waals surface area contributed by atoms with Gasteiger partial charge in [-0.1, -0.05) is 0 Å². The Kier molecular flexibility index (Phi) is 5.85. The van der Waals surface area contributed by atoms with Crippen molar-refractivity contribution in [3.05, 3.63) is 54.1 Å². The maximum Gasteiger partial charge on any atom is 0.355 e. The van der Waals surface area contributed by atoms with Crippen LogP contribution in [0.2, 0.25) is 0 Å². The first-order chi connectivity index (χ1) is 14.9. The van der Waals surface area contributed by atoms with Gasteiger partial charge in [-0.15, -0.1) is 0 Å². The predicted molar refractivity (Wildman–Crippen MR) is 117 cm³/mol. The topological polar surface area (TPSA) is 56.5 Å². The van der Waals surface area contributed by atoms with E-state index in [4.69, 9.17) is 4.74 Å². The number of piperidine rings is 1. The molecule has 1 aromatic carbocycles. The molecule has 1 fully saturated rings. The van der Waals surface area contributed by atoms with Crippen LogP contribution in [0.25, 0.3) is 16.7 Å². The van der Waals surface area contributed by atoms with Gasteiger partial charge in [0.1, 0.15) is 18.1 Å². The van der Waals surface area contributed by atoms with Crippen molar-refractivity contribution in [1.29, 1.82) is 0 Å². The van der Waals surface area contributed by atoms with Crippen molar-refractivity contribution in [2.75, 3.05) is 6.61 Å². The van der Waals surface area contributed by atoms with Crippen LogP contribution in [0.1, 0.15) is 50.5 Å². The Labute approximate surface area is 181 Å². The van der Waals surface area contributed by atoms with Gasteiger partial charge in [0, 0.05) is 24.0 Å². The number of esters is 1. The van der Waals surface area contributed by atoms with Gasteiger partial charge < -0.3 is 18.8 Å². The lowest BCUT2D eigenvalue weighted by Crippen LogP contribution is -2.48. The van der Waals surface area contributed by atoms with Crippen LogP contribution in [0.5, 0.6) is 0 Å². The van der Waals surface area contributed by atoms with Gasteiger partial charge in [0.2, 0.25) is 5.91 Å². The summed E-state index contributed by atoms with van der Waals surface area (Å²) in [6, 6.07) is 10.1. The van der Waals surface area contributed by atoms with Crippen LogP contribution in [0.4, 0.5) is 4.39 Å². The van der Waals surface area contributed by atoms with E-state index < -0.39 is 5.97 Å². The molecule has 4 rings (SSSR count). The molecule has 7 heteroatoms. The molecule has 3 aromatic rings. The van der Waals surface area contributed by atoms with Gasteiger partial charge in [-0.2, -0.15) is 0 Å². The number of carbonyl (C=O) groups excluding carboxylic acids is 2. The number of halogens is 1. The van der Waals surface area contributed by atoms with Crippen LogP contribution >= 0.6 is 0 Å². The van der Waals surface area contributed by atoms with E-state index in [1.165, 1.54) is 12.1 Å². The monoisotopic (exact) mass is 425 g/mol. The summed E-state index contributed by atoms with van der Waals surface area (Å²) in [4.78, 5) is 27.9. The summed E-state index contributed by atoms with van der Waals surface area (Å²) < 4.78 is 22.2. The van der Waals surface area contributed by atoms with Crippen molar-refractivity contribution >= 4 is 22.9 Å². The van der Waals surface area contributed by atoms with Crippen molar-refractivity contribution in [1.82, 2.24) is 14.0 Å². The number of amides is 1. The van der Waals surface area contributed by atoms with Crippen LogP contribution in [0.15, 0.2) is 42.6 Å². The number of hydrogen-bond acceptors (Lipinski definition) is 3. The maximum atomic E-state index is 13.4. The number of carbonyl (C=O) groups is 2. The Morgan fingerprint density at radius 3 is 2.39 bits per heavy atom. The van der Waals surface area contributed by atoms with Crippen LogP contribution < -0.4 is 0 Å². The van der Waals surface area contributed by atoms with E-state index in [0.29, 0.717) is 5.69 Å². The SMILES string of the molecule is CCOC(=O)c1cc2c(ccn2-c2ccc(F)cc2)n1CC(=O)N1C(C)CCCC1C. The Balaban J connectivity index is 1.75. The number of likely N-dealkylation sites (tertiary alicyclic amines) is 1. The van der Waals surface area contributed by atoms with E-state index in [-0.39, 0.29) is 37.0 Å². The number of rotatable bonds is 5. The number of aromatic nitrogens is 2. The van der Waals surface area contributed by atoms with E-state index in [2.05, 4.69) is 13.8 Å². The molecule has 0 N–H and O–H groups in total. The minimum absolute atomic E-state index is 0.00252. The van der Waals surface area contributed by atoms with Gasteiger partial charge in [-0.05, 0) is 76.4 Å². The normalized spacial score (nSPS) is 19.0. The molecule has 0 aliphatic carbocycles. The molecule has 0 spiro atoms. The molecule has 3 heterocycles. The first kappa shape index (κ1) is 21.2. The molecule has 0 bridgehead atoms. The molecule has 31 heavy (non-hydrogen) atoms. The molecule has 1 amide bonds. The number of ether oxygens (including phenoxy) is 1. The Bertz CT molecular complexity index is 1090. The summed E-state index contributed by atoms with van der Waals surface area (Å²) in [5.74, 6) is -0.776. The quantitative estimate of drug-likeness (QED) is 0.564. The zero-order valence-electron chi connectivity index (χ0n) is 18.2. The average molecular weight is 426 g/mol. The van der Waals surface area contributed by atoms with Crippen molar-refractivity contribution in [3.8, 4) is 5.69 Å². The van der Waals surface area contributed by atoms with E-state index in [0.717, 1.165) is 36.0 Å². The zero-order valence-corrected chi connectivity index (χ0v) is 18.2. The molecule has 1 aliphatic rings. The van der Waals surface area contributed by atoms with Gasteiger partial charge in [0.05, 0.1) is 17.6 Å². The van der Waals surface area contributed by atoms with E-state index in [1.54, 1.807) is 29.7 Å². The van der Waals surface area contributed by atoms with Crippen molar-refractivity contribution in [2.24, 2.45) is 0 Å². The molecule has 0 saturated carbocycles. The molecule has 2 atom stereocenters. The van der Waals surface area contributed by atoms with E-state index in [1.807, 2.05) is 21.7 Å². The summed E-state index contributed by atoms with van der Waals surface area (Å²) in [5.41, 5.74) is 2.64. The molecule has 2 aromatic heterocycles. The molecule has 0 radical (unpaired) electrons. The largest absolute Gasteiger partial charge is 0.461 e. The molecule has 6 nitrogen and oxygen atoms in total. The minimum atomic E-state index is -0.461. The second-order valence-electron chi connectivity index (χ2n) is 8.20. The molecular weight excluding hydrogens is 397 g/mol. The zero-order chi connectivity index (χ0) is 22.1. The van der Waals surface area contributed by atoms with Crippen molar-refractivity contribution in [3.63, 3.8) is 0 Å². The lowest BCUT2D eigenvalue weighted by atomic mass is 9.97. The van der Waals surface area contributed by atoms with Gasteiger partial charge in [-0.3, -0.25) is 4.79 Å². The number of hydrogen-bond donors (Lipinski definition) is 0. The predicted octanol–water partition coefficient (Wildman–Crippen LogP) is 4.54. The highest BCUT2D eigenvalue weighted by molar-refractivity contribution is 5.96. The highest BCUT2D eigenvalue weighted by atomic mass is 19.1. The molecular formula is C24H28FN3O3. The standard InChI is InChI=1S/C24H28FN3O3/c1-4-31-24(30)22-14-21-20(12-13-26(21)19-10-8-18(25)9-11-19)27(22)15-23(29)28-16(2)6-5-7-17(28)3/h8-14,16-17H,4-7,15H2,1-3H3. The van der Waals surface area contributed by atoms with Gasteiger partial charge >= 0.3 is 5.97 Å². The van der Waals surface area contributed by atoms with Gasteiger partial charge in [-0.25, -0.2) is 9.18 Å². The Hall–Kier alpha value is -3.09. The van der Waals surface area contributed by atoms with Crippen LogP contribution in [0, 0.1) is 5.82 Å². The van der Waals surface area contributed by atoms with E-state index in [9.17, 15) is 14.0 Å². The first-order valence-electron chi connectivity index (χ1n) is 10.9. The smallest absolute Gasteiger partial charge is 0.355 e. The number of benzene rings is 1. The van der Waals surface area contributed by atoms with Crippen LogP contribution in [0.3, 0.4) is 0 Å². The second-order valence-corrected chi connectivity index (χ2v) is 8.20. The summed E-state index contributed by atoms with van der Waals surface area (Å²) in [6.07, 6.45) is 4.96. The Morgan fingerprint density at radius 1 is 1.06 bits per heavy atom. The third-order valence-corrected chi connectivity index (χ3v) is 6.12. The minimum Gasteiger partial charge on any atom is -0.461 e. The summed E-state index contributed by atoms with van der Waals surface area (Å²) >= 11 is 0.